The first-order valence-electron chi connectivity index (χ1n) is 6.99. The Labute approximate surface area is 128 Å². The molecule has 1 aliphatic rings. The van der Waals surface area contributed by atoms with E-state index in [2.05, 4.69) is 28.2 Å². The van der Waals surface area contributed by atoms with Crippen LogP contribution >= 0.6 is 15.9 Å². The van der Waals surface area contributed by atoms with E-state index in [1.165, 1.54) is 0 Å². The van der Waals surface area contributed by atoms with E-state index < -0.39 is 5.41 Å². The van der Waals surface area contributed by atoms with Gasteiger partial charge in [0.15, 0.2) is 0 Å². The number of anilines is 1. The smallest absolute Gasteiger partial charge is 0.232 e. The summed E-state index contributed by atoms with van der Waals surface area (Å²) in [5.41, 5.74) is 7.37. The van der Waals surface area contributed by atoms with Gasteiger partial charge < -0.3 is 15.8 Å². The van der Waals surface area contributed by atoms with Gasteiger partial charge in [-0.3, -0.25) is 4.79 Å². The highest BCUT2D eigenvalue weighted by atomic mass is 79.9. The molecule has 2 rings (SSSR count). The number of nitrogens with two attached hydrogens (primary N) is 1. The minimum Gasteiger partial charge on any atom is -0.381 e. The topological polar surface area (TPSA) is 64.4 Å². The lowest BCUT2D eigenvalue weighted by Crippen LogP contribution is -2.46. The molecule has 0 bridgehead atoms. The van der Waals surface area contributed by atoms with E-state index in [4.69, 9.17) is 10.5 Å². The summed E-state index contributed by atoms with van der Waals surface area (Å²) in [5, 5.41) is 3.05. The van der Waals surface area contributed by atoms with Crippen molar-refractivity contribution in [2.24, 2.45) is 11.1 Å². The van der Waals surface area contributed by atoms with Crippen LogP contribution in [0.3, 0.4) is 0 Å². The van der Waals surface area contributed by atoms with Crippen LogP contribution in [0, 0.1) is 5.41 Å². The van der Waals surface area contributed by atoms with Gasteiger partial charge in [-0.2, -0.15) is 0 Å². The maximum absolute atomic E-state index is 12.6. The minimum atomic E-state index is -0.490. The Bertz CT molecular complexity index is 485. The second kappa shape index (κ2) is 6.70. The molecular weight excluding hydrogens is 320 g/mol. The number of halogens is 1. The molecule has 1 aromatic rings. The summed E-state index contributed by atoms with van der Waals surface area (Å²) in [6.45, 7) is 3.64. The molecule has 1 aliphatic heterocycles. The van der Waals surface area contributed by atoms with Crippen molar-refractivity contribution in [3.05, 3.63) is 28.2 Å². The van der Waals surface area contributed by atoms with Gasteiger partial charge in [0.1, 0.15) is 0 Å². The van der Waals surface area contributed by atoms with Crippen LogP contribution in [0.1, 0.15) is 25.3 Å². The summed E-state index contributed by atoms with van der Waals surface area (Å²) < 4.78 is 6.37. The van der Waals surface area contributed by atoms with Crippen LogP contribution in [0.4, 0.5) is 5.69 Å². The summed E-state index contributed by atoms with van der Waals surface area (Å²) >= 11 is 3.45. The van der Waals surface area contributed by atoms with Crippen molar-refractivity contribution in [2.75, 3.05) is 25.1 Å². The zero-order chi connectivity index (χ0) is 14.6. The van der Waals surface area contributed by atoms with Crippen LogP contribution in [0.25, 0.3) is 0 Å². The molecule has 3 N–H and O–H groups in total. The van der Waals surface area contributed by atoms with Crippen molar-refractivity contribution < 1.29 is 9.53 Å². The molecule has 1 amide bonds. The zero-order valence-corrected chi connectivity index (χ0v) is 13.3. The number of hydrogen-bond acceptors (Lipinski definition) is 3. The van der Waals surface area contributed by atoms with Gasteiger partial charge in [-0.1, -0.05) is 22.9 Å². The Morgan fingerprint density at radius 2 is 2.15 bits per heavy atom. The maximum atomic E-state index is 12.6. The van der Waals surface area contributed by atoms with E-state index in [1.54, 1.807) is 0 Å². The van der Waals surface area contributed by atoms with Gasteiger partial charge in [0.05, 0.1) is 5.41 Å². The third-order valence-corrected chi connectivity index (χ3v) is 4.51. The highest BCUT2D eigenvalue weighted by molar-refractivity contribution is 9.10. The number of carbonyl (C=O) groups excluding carboxylic acids is 1. The molecule has 0 atom stereocenters. The van der Waals surface area contributed by atoms with E-state index in [-0.39, 0.29) is 5.91 Å². The lowest BCUT2D eigenvalue weighted by atomic mass is 9.79. The molecule has 0 unspecified atom stereocenters. The number of amides is 1. The molecule has 0 aromatic heterocycles. The molecule has 110 valence electrons. The molecule has 1 heterocycles. The van der Waals surface area contributed by atoms with E-state index in [9.17, 15) is 4.79 Å². The lowest BCUT2D eigenvalue weighted by Gasteiger charge is -2.34. The van der Waals surface area contributed by atoms with Gasteiger partial charge in [0, 0.05) is 29.9 Å². The quantitative estimate of drug-likeness (QED) is 0.885. The number of hydrogen-bond donors (Lipinski definition) is 2. The Hall–Kier alpha value is -0.910. The molecule has 0 spiro atoms. The largest absolute Gasteiger partial charge is 0.381 e. The van der Waals surface area contributed by atoms with Crippen molar-refractivity contribution >= 4 is 27.5 Å². The average Bonchev–Trinajstić information content (AvgIpc) is 2.49. The van der Waals surface area contributed by atoms with Crippen LogP contribution in [0.5, 0.6) is 0 Å². The van der Waals surface area contributed by atoms with E-state index >= 15 is 0 Å². The molecule has 0 radical (unpaired) electrons. The number of aryl methyl sites for hydroxylation is 1. The molecule has 20 heavy (non-hydrogen) atoms. The third kappa shape index (κ3) is 3.22. The lowest BCUT2D eigenvalue weighted by molar-refractivity contribution is -0.130. The maximum Gasteiger partial charge on any atom is 0.232 e. The predicted molar refractivity (Wildman–Crippen MR) is 83.7 cm³/mol. The molecule has 1 aromatic carbocycles. The van der Waals surface area contributed by atoms with Gasteiger partial charge in [0.2, 0.25) is 5.91 Å². The fourth-order valence-electron chi connectivity index (χ4n) is 2.52. The summed E-state index contributed by atoms with van der Waals surface area (Å²) in [6, 6.07) is 5.91. The van der Waals surface area contributed by atoms with Crippen molar-refractivity contribution in [3.63, 3.8) is 0 Å². The monoisotopic (exact) mass is 340 g/mol. The molecule has 1 saturated heterocycles. The van der Waals surface area contributed by atoms with Gasteiger partial charge in [-0.15, -0.1) is 0 Å². The second-order valence-corrected chi connectivity index (χ2v) is 6.12. The van der Waals surface area contributed by atoms with Gasteiger partial charge in [0.25, 0.3) is 0 Å². The molecule has 4 nitrogen and oxygen atoms in total. The van der Waals surface area contributed by atoms with Crippen LogP contribution in [-0.2, 0) is 16.0 Å². The number of rotatable bonds is 4. The molecule has 0 saturated carbocycles. The molecule has 0 aliphatic carbocycles. The van der Waals surface area contributed by atoms with Crippen molar-refractivity contribution in [1.29, 1.82) is 0 Å². The first-order valence-corrected chi connectivity index (χ1v) is 7.78. The third-order valence-electron chi connectivity index (χ3n) is 4.02. The Balaban J connectivity index is 2.18. The van der Waals surface area contributed by atoms with Gasteiger partial charge in [-0.05, 0) is 43.0 Å². The average molecular weight is 341 g/mol. The predicted octanol–water partition coefficient (Wildman–Crippen LogP) is 2.71. The van der Waals surface area contributed by atoms with Crippen LogP contribution in [-0.4, -0.2) is 25.7 Å². The number of carbonyl (C=O) groups is 1. The van der Waals surface area contributed by atoms with E-state index in [1.807, 2.05) is 18.2 Å². The first kappa shape index (κ1) is 15.5. The zero-order valence-electron chi connectivity index (χ0n) is 11.7. The van der Waals surface area contributed by atoms with Crippen LogP contribution in [0.2, 0.25) is 0 Å². The highest BCUT2D eigenvalue weighted by Crippen LogP contribution is 2.32. The fourth-order valence-corrected chi connectivity index (χ4v) is 2.93. The normalized spacial score (nSPS) is 17.8. The summed E-state index contributed by atoms with van der Waals surface area (Å²) in [7, 11) is 0. The van der Waals surface area contributed by atoms with Gasteiger partial charge in [-0.25, -0.2) is 0 Å². The van der Waals surface area contributed by atoms with Crippen LogP contribution in [0.15, 0.2) is 22.7 Å². The molecule has 1 fully saturated rings. The van der Waals surface area contributed by atoms with E-state index in [0.717, 1.165) is 22.1 Å². The Morgan fingerprint density at radius 1 is 1.45 bits per heavy atom. The van der Waals surface area contributed by atoms with Crippen molar-refractivity contribution in [1.82, 2.24) is 0 Å². The number of nitrogens with one attached hydrogen (secondary N) is 1. The SMILES string of the molecule is CCc1cc(Br)ccc1NC(=O)C1(CN)CCOCC1. The summed E-state index contributed by atoms with van der Waals surface area (Å²) in [6.07, 6.45) is 2.24. The summed E-state index contributed by atoms with van der Waals surface area (Å²) in [5.74, 6) is 0.0142. The van der Waals surface area contributed by atoms with E-state index in [0.29, 0.717) is 32.6 Å². The number of ether oxygens (including phenoxy) is 1. The standard InChI is InChI=1S/C15H21BrN2O2/c1-2-11-9-12(16)3-4-13(11)18-14(19)15(10-17)5-7-20-8-6-15/h3-4,9H,2,5-8,10,17H2,1H3,(H,18,19). The molecular formula is C15H21BrN2O2. The van der Waals surface area contributed by atoms with Crippen molar-refractivity contribution in [3.8, 4) is 0 Å². The summed E-state index contributed by atoms with van der Waals surface area (Å²) in [4.78, 5) is 12.6. The first-order chi connectivity index (χ1) is 9.61. The second-order valence-electron chi connectivity index (χ2n) is 5.21. The number of benzene rings is 1. The van der Waals surface area contributed by atoms with Crippen molar-refractivity contribution in [2.45, 2.75) is 26.2 Å². The van der Waals surface area contributed by atoms with Gasteiger partial charge >= 0.3 is 0 Å². The Kier molecular flexibility index (Phi) is 5.18. The molecule has 5 heteroatoms. The highest BCUT2D eigenvalue weighted by Gasteiger charge is 2.38. The van der Waals surface area contributed by atoms with Crippen LogP contribution < -0.4 is 11.1 Å². The minimum absolute atomic E-state index is 0.0142. The Morgan fingerprint density at radius 3 is 2.75 bits per heavy atom. The fraction of sp³-hybridized carbons (Fsp3) is 0.533.